The minimum Gasteiger partial charge on any atom is -0.372 e. The largest absolute Gasteiger partial charge is 0.372 e. The zero-order valence-corrected chi connectivity index (χ0v) is 13.9. The van der Waals surface area contributed by atoms with Crippen LogP contribution < -0.4 is 5.32 Å². The van der Waals surface area contributed by atoms with E-state index in [4.69, 9.17) is 0 Å². The Balaban J connectivity index is 2.58. The lowest BCUT2D eigenvalue weighted by molar-refractivity contribution is 0.867. The van der Waals surface area contributed by atoms with Crippen molar-refractivity contribution in [2.24, 2.45) is 0 Å². The number of rotatable bonds is 4. The van der Waals surface area contributed by atoms with Crippen molar-refractivity contribution >= 4 is 37.7 Å². The quantitative estimate of drug-likeness (QED) is 0.862. The monoisotopic (exact) mass is 384 g/mol. The summed E-state index contributed by atoms with van der Waals surface area (Å²) in [7, 11) is 1.85. The van der Waals surface area contributed by atoms with Gasteiger partial charge in [0.05, 0.1) is 10.2 Å². The molecular weight excluding hydrogens is 372 g/mol. The summed E-state index contributed by atoms with van der Waals surface area (Å²) in [6.07, 6.45) is 3.67. The molecule has 0 unspecified atom stereocenters. The number of hydrogen-bond acceptors (Lipinski definition) is 4. The van der Waals surface area contributed by atoms with Crippen LogP contribution in [-0.4, -0.2) is 22.0 Å². The predicted molar refractivity (Wildman–Crippen MR) is 84.2 cm³/mol. The molecule has 19 heavy (non-hydrogen) atoms. The van der Waals surface area contributed by atoms with Crippen molar-refractivity contribution in [2.45, 2.75) is 19.8 Å². The third kappa shape index (κ3) is 3.12. The molecular formula is C13H14Br2N4. The van der Waals surface area contributed by atoms with Gasteiger partial charge in [0.25, 0.3) is 0 Å². The third-order valence-electron chi connectivity index (χ3n) is 2.61. The van der Waals surface area contributed by atoms with E-state index in [1.807, 2.05) is 19.2 Å². The average Bonchev–Trinajstić information content (AvgIpc) is 2.42. The van der Waals surface area contributed by atoms with E-state index in [0.717, 1.165) is 39.0 Å². The van der Waals surface area contributed by atoms with Crippen molar-refractivity contribution in [3.8, 4) is 11.5 Å². The maximum Gasteiger partial charge on any atom is 0.181 e. The molecule has 1 N–H and O–H groups in total. The van der Waals surface area contributed by atoms with Gasteiger partial charge < -0.3 is 5.32 Å². The number of halogens is 2. The van der Waals surface area contributed by atoms with E-state index in [0.29, 0.717) is 5.82 Å². The number of pyridine rings is 1. The van der Waals surface area contributed by atoms with Gasteiger partial charge in [-0.25, -0.2) is 9.97 Å². The van der Waals surface area contributed by atoms with E-state index in [2.05, 4.69) is 59.1 Å². The normalized spacial score (nSPS) is 10.5. The smallest absolute Gasteiger partial charge is 0.181 e. The number of aromatic nitrogens is 3. The molecule has 0 radical (unpaired) electrons. The SMILES string of the molecule is CCCc1nc(-c2ncccc2Br)nc(NC)c1Br. The maximum absolute atomic E-state index is 4.61. The van der Waals surface area contributed by atoms with Gasteiger partial charge in [-0.1, -0.05) is 13.3 Å². The zero-order chi connectivity index (χ0) is 13.8. The topological polar surface area (TPSA) is 50.7 Å². The van der Waals surface area contributed by atoms with Crippen molar-refractivity contribution in [3.63, 3.8) is 0 Å². The first-order chi connectivity index (χ1) is 9.17. The van der Waals surface area contributed by atoms with Gasteiger partial charge in [-0.05, 0) is 50.4 Å². The molecule has 0 aliphatic carbocycles. The number of aryl methyl sites for hydroxylation is 1. The molecule has 2 aromatic heterocycles. The van der Waals surface area contributed by atoms with Gasteiger partial charge in [-0.2, -0.15) is 0 Å². The summed E-state index contributed by atoms with van der Waals surface area (Å²) in [6, 6.07) is 3.81. The minimum atomic E-state index is 0.628. The Hall–Kier alpha value is -1.01. The fourth-order valence-electron chi connectivity index (χ4n) is 1.72. The zero-order valence-electron chi connectivity index (χ0n) is 10.7. The molecule has 0 fully saturated rings. The third-order valence-corrected chi connectivity index (χ3v) is 4.09. The number of anilines is 1. The van der Waals surface area contributed by atoms with E-state index in [-0.39, 0.29) is 0 Å². The second kappa shape index (κ2) is 6.43. The summed E-state index contributed by atoms with van der Waals surface area (Å²) >= 11 is 7.03. The second-order valence-electron chi connectivity index (χ2n) is 3.99. The highest BCUT2D eigenvalue weighted by Gasteiger charge is 2.14. The van der Waals surface area contributed by atoms with Crippen LogP contribution >= 0.6 is 31.9 Å². The van der Waals surface area contributed by atoms with Gasteiger partial charge in [0.2, 0.25) is 0 Å². The summed E-state index contributed by atoms with van der Waals surface area (Å²) in [5.41, 5.74) is 1.75. The Morgan fingerprint density at radius 3 is 2.68 bits per heavy atom. The fraction of sp³-hybridized carbons (Fsp3) is 0.308. The number of nitrogens with one attached hydrogen (secondary N) is 1. The highest BCUT2D eigenvalue weighted by molar-refractivity contribution is 9.11. The molecule has 6 heteroatoms. The molecule has 2 rings (SSSR count). The Morgan fingerprint density at radius 2 is 2.05 bits per heavy atom. The number of hydrogen-bond donors (Lipinski definition) is 1. The highest BCUT2D eigenvalue weighted by atomic mass is 79.9. The first kappa shape index (κ1) is 14.4. The van der Waals surface area contributed by atoms with E-state index in [1.165, 1.54) is 0 Å². The Labute approximate surface area is 129 Å². The van der Waals surface area contributed by atoms with Crippen molar-refractivity contribution in [1.29, 1.82) is 0 Å². The van der Waals surface area contributed by atoms with Crippen molar-refractivity contribution in [3.05, 3.63) is 33.0 Å². The highest BCUT2D eigenvalue weighted by Crippen LogP contribution is 2.29. The summed E-state index contributed by atoms with van der Waals surface area (Å²) < 4.78 is 1.81. The van der Waals surface area contributed by atoms with E-state index >= 15 is 0 Å². The molecule has 100 valence electrons. The molecule has 0 aromatic carbocycles. The maximum atomic E-state index is 4.61. The summed E-state index contributed by atoms with van der Waals surface area (Å²) in [5, 5.41) is 3.08. The van der Waals surface area contributed by atoms with Gasteiger partial charge in [-0.3, -0.25) is 4.98 Å². The number of nitrogens with zero attached hydrogens (tertiary/aromatic N) is 3. The molecule has 2 heterocycles. The van der Waals surface area contributed by atoms with Crippen molar-refractivity contribution < 1.29 is 0 Å². The van der Waals surface area contributed by atoms with Crippen molar-refractivity contribution in [2.75, 3.05) is 12.4 Å². The van der Waals surface area contributed by atoms with Crippen LogP contribution in [0.5, 0.6) is 0 Å². The first-order valence-corrected chi connectivity index (χ1v) is 7.61. The Morgan fingerprint density at radius 1 is 1.26 bits per heavy atom. The van der Waals surface area contributed by atoms with E-state index in [1.54, 1.807) is 6.20 Å². The molecule has 2 aromatic rings. The summed E-state index contributed by atoms with van der Waals surface area (Å²) in [6.45, 7) is 2.13. The Bertz CT molecular complexity index is 587. The second-order valence-corrected chi connectivity index (χ2v) is 5.64. The molecule has 0 aliphatic heterocycles. The average molecular weight is 386 g/mol. The van der Waals surface area contributed by atoms with E-state index < -0.39 is 0 Å². The lowest BCUT2D eigenvalue weighted by Gasteiger charge is -2.11. The molecule has 0 amide bonds. The van der Waals surface area contributed by atoms with Gasteiger partial charge >= 0.3 is 0 Å². The van der Waals surface area contributed by atoms with E-state index in [9.17, 15) is 0 Å². The van der Waals surface area contributed by atoms with Gasteiger partial charge in [0.1, 0.15) is 11.5 Å². The Kier molecular flexibility index (Phi) is 4.87. The minimum absolute atomic E-state index is 0.628. The van der Waals surface area contributed by atoms with Crippen LogP contribution in [-0.2, 0) is 6.42 Å². The molecule has 4 nitrogen and oxygen atoms in total. The van der Waals surface area contributed by atoms with Crippen LogP contribution in [0.2, 0.25) is 0 Å². The van der Waals surface area contributed by atoms with Crippen molar-refractivity contribution in [1.82, 2.24) is 15.0 Å². The van der Waals surface area contributed by atoms with Crippen LogP contribution in [0.4, 0.5) is 5.82 Å². The fourth-order valence-corrected chi connectivity index (χ4v) is 2.72. The summed E-state index contributed by atoms with van der Waals surface area (Å²) in [5.74, 6) is 1.41. The molecule has 0 spiro atoms. The van der Waals surface area contributed by atoms with Crippen LogP contribution in [0.15, 0.2) is 27.3 Å². The van der Waals surface area contributed by atoms with Crippen LogP contribution in [0.25, 0.3) is 11.5 Å². The van der Waals surface area contributed by atoms with Crippen LogP contribution in [0.3, 0.4) is 0 Å². The molecule has 0 saturated heterocycles. The summed E-state index contributed by atoms with van der Waals surface area (Å²) in [4.78, 5) is 13.5. The standard InChI is InChI=1S/C13H14Br2N4/c1-3-5-9-10(15)12(16-2)19-13(18-9)11-8(14)6-4-7-17-11/h4,6-7H,3,5H2,1-2H3,(H,16,18,19). The predicted octanol–water partition coefficient (Wildman–Crippen LogP) is 4.06. The lowest BCUT2D eigenvalue weighted by Crippen LogP contribution is -2.04. The van der Waals surface area contributed by atoms with Crippen LogP contribution in [0.1, 0.15) is 19.0 Å². The lowest BCUT2D eigenvalue weighted by atomic mass is 10.2. The van der Waals surface area contributed by atoms with Gasteiger partial charge in [0.15, 0.2) is 5.82 Å². The molecule has 0 saturated carbocycles. The molecule has 0 aliphatic rings. The molecule has 0 bridgehead atoms. The first-order valence-electron chi connectivity index (χ1n) is 6.02. The van der Waals surface area contributed by atoms with Gasteiger partial charge in [0, 0.05) is 17.7 Å². The van der Waals surface area contributed by atoms with Gasteiger partial charge in [-0.15, -0.1) is 0 Å². The van der Waals surface area contributed by atoms with Crippen LogP contribution in [0, 0.1) is 0 Å². The molecule has 0 atom stereocenters.